The summed E-state index contributed by atoms with van der Waals surface area (Å²) >= 11 is 4.51. The van der Waals surface area contributed by atoms with Crippen molar-refractivity contribution in [1.82, 2.24) is 4.98 Å². The first-order chi connectivity index (χ1) is 9.08. The van der Waals surface area contributed by atoms with Gasteiger partial charge in [0.15, 0.2) is 11.6 Å². The maximum atomic E-state index is 13.5. The third kappa shape index (κ3) is 2.85. The molecule has 0 saturated carbocycles. The predicted molar refractivity (Wildman–Crippen MR) is 77.1 cm³/mol. The number of hydrogen-bond acceptors (Lipinski definition) is 3. The van der Waals surface area contributed by atoms with E-state index in [-0.39, 0.29) is 4.47 Å². The number of rotatable bonds is 4. The van der Waals surface area contributed by atoms with Crippen molar-refractivity contribution >= 4 is 27.3 Å². The molecule has 0 aliphatic carbocycles. The molecule has 2 N–H and O–H groups in total. The van der Waals surface area contributed by atoms with Crippen molar-refractivity contribution in [2.75, 3.05) is 0 Å². The number of benzene rings is 1. The first-order valence-corrected chi connectivity index (χ1v) is 7.52. The summed E-state index contributed by atoms with van der Waals surface area (Å²) in [6.45, 7) is 2.47. The van der Waals surface area contributed by atoms with Gasteiger partial charge in [-0.1, -0.05) is 13.3 Å². The molecule has 2 nitrogen and oxygen atoms in total. The third-order valence-electron chi connectivity index (χ3n) is 2.72. The lowest BCUT2D eigenvalue weighted by atomic mass is 10.2. The summed E-state index contributed by atoms with van der Waals surface area (Å²) in [5.74, 6) is -1.76. The van der Waals surface area contributed by atoms with Crippen LogP contribution in [0.5, 0.6) is 0 Å². The van der Waals surface area contributed by atoms with Crippen molar-refractivity contribution in [3.8, 4) is 10.6 Å². The quantitative estimate of drug-likeness (QED) is 0.840. The van der Waals surface area contributed by atoms with E-state index in [2.05, 4.69) is 27.8 Å². The van der Waals surface area contributed by atoms with E-state index in [1.165, 1.54) is 17.4 Å². The van der Waals surface area contributed by atoms with Gasteiger partial charge in [0, 0.05) is 17.0 Å². The summed E-state index contributed by atoms with van der Waals surface area (Å²) in [6.07, 6.45) is 1.81. The van der Waals surface area contributed by atoms with Crippen molar-refractivity contribution < 1.29 is 8.78 Å². The van der Waals surface area contributed by atoms with Crippen LogP contribution in [0.3, 0.4) is 0 Å². The molecule has 0 atom stereocenters. The highest BCUT2D eigenvalue weighted by Gasteiger charge is 2.17. The molecule has 0 amide bonds. The van der Waals surface area contributed by atoms with Crippen molar-refractivity contribution in [2.24, 2.45) is 5.73 Å². The Labute approximate surface area is 122 Å². The zero-order valence-electron chi connectivity index (χ0n) is 10.3. The molecule has 19 heavy (non-hydrogen) atoms. The Bertz CT molecular complexity index is 599. The second-order valence-electron chi connectivity index (χ2n) is 4.07. The van der Waals surface area contributed by atoms with E-state index in [0.29, 0.717) is 17.1 Å². The minimum Gasteiger partial charge on any atom is -0.326 e. The van der Waals surface area contributed by atoms with E-state index in [4.69, 9.17) is 5.73 Å². The fourth-order valence-corrected chi connectivity index (χ4v) is 3.44. The van der Waals surface area contributed by atoms with E-state index in [1.54, 1.807) is 0 Å². The van der Waals surface area contributed by atoms with Crippen LogP contribution in [0.15, 0.2) is 16.6 Å². The average Bonchev–Trinajstić information content (AvgIpc) is 2.79. The van der Waals surface area contributed by atoms with Gasteiger partial charge in [-0.2, -0.15) is 0 Å². The number of aromatic nitrogens is 1. The second-order valence-corrected chi connectivity index (χ2v) is 5.94. The Morgan fingerprint density at radius 1 is 1.37 bits per heavy atom. The monoisotopic (exact) mass is 346 g/mol. The second kappa shape index (κ2) is 6.07. The van der Waals surface area contributed by atoms with Crippen LogP contribution in [0.2, 0.25) is 0 Å². The molecule has 6 heteroatoms. The fraction of sp³-hybridized carbons (Fsp3) is 0.308. The molecule has 0 aliphatic heterocycles. The van der Waals surface area contributed by atoms with Crippen molar-refractivity contribution in [1.29, 1.82) is 0 Å². The van der Waals surface area contributed by atoms with Crippen LogP contribution in [-0.2, 0) is 13.0 Å². The zero-order valence-corrected chi connectivity index (χ0v) is 12.7. The summed E-state index contributed by atoms with van der Waals surface area (Å²) in [6, 6.07) is 2.63. The smallest absolute Gasteiger partial charge is 0.173 e. The Kier molecular flexibility index (Phi) is 4.65. The van der Waals surface area contributed by atoms with Crippen LogP contribution in [0.1, 0.15) is 23.9 Å². The van der Waals surface area contributed by atoms with Crippen molar-refractivity contribution in [3.63, 3.8) is 0 Å². The van der Waals surface area contributed by atoms with E-state index in [9.17, 15) is 8.78 Å². The number of hydrogen-bond donors (Lipinski definition) is 1. The van der Waals surface area contributed by atoms with Gasteiger partial charge >= 0.3 is 0 Å². The lowest BCUT2D eigenvalue weighted by Crippen LogP contribution is -1.97. The van der Waals surface area contributed by atoms with Gasteiger partial charge in [-0.15, -0.1) is 11.3 Å². The summed E-state index contributed by atoms with van der Waals surface area (Å²) in [4.78, 5) is 5.49. The van der Waals surface area contributed by atoms with E-state index < -0.39 is 11.6 Å². The van der Waals surface area contributed by atoms with Gasteiger partial charge in [-0.25, -0.2) is 13.8 Å². The van der Waals surface area contributed by atoms with Crippen LogP contribution in [0.25, 0.3) is 10.6 Å². The number of aryl methyl sites for hydroxylation is 1. The highest BCUT2D eigenvalue weighted by molar-refractivity contribution is 9.10. The van der Waals surface area contributed by atoms with Gasteiger partial charge in [0.2, 0.25) is 0 Å². The summed E-state index contributed by atoms with van der Waals surface area (Å²) in [5, 5.41) is 0.662. The number of halogens is 3. The van der Waals surface area contributed by atoms with Crippen LogP contribution in [0.4, 0.5) is 8.78 Å². The normalized spacial score (nSPS) is 11.0. The maximum Gasteiger partial charge on any atom is 0.173 e. The molecule has 2 aromatic rings. The topological polar surface area (TPSA) is 38.9 Å². The molecule has 0 saturated heterocycles. The van der Waals surface area contributed by atoms with Crippen LogP contribution >= 0.6 is 27.3 Å². The predicted octanol–water partition coefficient (Wildman–Crippen LogP) is 4.26. The molecule has 0 aliphatic rings. The Balaban J connectivity index is 2.50. The van der Waals surface area contributed by atoms with E-state index >= 15 is 0 Å². The van der Waals surface area contributed by atoms with Gasteiger partial charge in [0.05, 0.1) is 10.2 Å². The molecule has 1 heterocycles. The molecule has 0 spiro atoms. The molecule has 0 fully saturated rings. The molecule has 0 bridgehead atoms. The van der Waals surface area contributed by atoms with Gasteiger partial charge in [-0.3, -0.25) is 0 Å². The number of nitrogens with two attached hydrogens (primary N) is 1. The maximum absolute atomic E-state index is 13.5. The molecule has 1 aromatic heterocycles. The highest BCUT2D eigenvalue weighted by atomic mass is 79.9. The summed E-state index contributed by atoms with van der Waals surface area (Å²) < 4.78 is 26.8. The molecule has 2 rings (SSSR count). The molecule has 0 unspecified atom stereocenters. The molecular weight excluding hydrogens is 334 g/mol. The zero-order chi connectivity index (χ0) is 14.0. The number of thiazole rings is 1. The standard InChI is InChI=1S/C13H13BrF2N2S/c1-2-3-9-10(6-17)19-13(18-9)7-4-5-8(15)12(16)11(7)14/h4-5H,2-3,6,17H2,1H3. The molecule has 1 aromatic carbocycles. The van der Waals surface area contributed by atoms with Gasteiger partial charge in [-0.05, 0) is 34.5 Å². The highest BCUT2D eigenvalue weighted by Crippen LogP contribution is 2.35. The molecular formula is C13H13BrF2N2S. The van der Waals surface area contributed by atoms with Crippen LogP contribution < -0.4 is 5.73 Å². The molecule has 102 valence electrons. The van der Waals surface area contributed by atoms with Gasteiger partial charge < -0.3 is 5.73 Å². The Hall–Kier alpha value is -0.850. The third-order valence-corrected chi connectivity index (χ3v) is 4.64. The lowest BCUT2D eigenvalue weighted by molar-refractivity contribution is 0.505. The first-order valence-electron chi connectivity index (χ1n) is 5.91. The summed E-state index contributed by atoms with van der Waals surface area (Å²) in [7, 11) is 0. The van der Waals surface area contributed by atoms with Gasteiger partial charge in [0.25, 0.3) is 0 Å². The molecule has 0 radical (unpaired) electrons. The van der Waals surface area contributed by atoms with Gasteiger partial charge in [0.1, 0.15) is 5.01 Å². The largest absolute Gasteiger partial charge is 0.326 e. The van der Waals surface area contributed by atoms with Crippen molar-refractivity contribution in [2.45, 2.75) is 26.3 Å². The minimum atomic E-state index is -0.890. The fourth-order valence-electron chi connectivity index (χ4n) is 1.78. The first kappa shape index (κ1) is 14.6. The minimum absolute atomic E-state index is 0.105. The average molecular weight is 347 g/mol. The SMILES string of the molecule is CCCc1nc(-c2ccc(F)c(F)c2Br)sc1CN. The number of nitrogens with zero attached hydrogens (tertiary/aromatic N) is 1. The van der Waals surface area contributed by atoms with Crippen molar-refractivity contribution in [3.05, 3.63) is 38.8 Å². The summed E-state index contributed by atoms with van der Waals surface area (Å²) in [5.41, 5.74) is 7.19. The van der Waals surface area contributed by atoms with E-state index in [1.807, 2.05) is 0 Å². The van der Waals surface area contributed by atoms with Crippen LogP contribution in [0, 0.1) is 11.6 Å². The lowest BCUT2D eigenvalue weighted by Gasteiger charge is -2.02. The Morgan fingerprint density at radius 2 is 2.11 bits per heavy atom. The Morgan fingerprint density at radius 3 is 2.74 bits per heavy atom. The van der Waals surface area contributed by atoms with E-state index in [0.717, 1.165) is 29.5 Å². The van der Waals surface area contributed by atoms with Crippen LogP contribution in [-0.4, -0.2) is 4.98 Å².